The van der Waals surface area contributed by atoms with Crippen LogP contribution in [0.4, 0.5) is 0 Å². The maximum Gasteiger partial charge on any atom is 0.306 e. The second kappa shape index (κ2) is 4.43. The highest BCUT2D eigenvalue weighted by Gasteiger charge is 2.18. The average molecular weight is 232 g/mol. The van der Waals surface area contributed by atoms with Crippen molar-refractivity contribution in [3.8, 4) is 5.75 Å². The number of carboxylic acids is 1. The van der Waals surface area contributed by atoms with E-state index in [2.05, 4.69) is 0 Å². The molecular formula is C13H12O4. The molecule has 0 saturated heterocycles. The Kier molecular flexibility index (Phi) is 2.97. The Morgan fingerprint density at radius 3 is 2.59 bits per heavy atom. The number of benzene rings is 2. The third-order valence-corrected chi connectivity index (χ3v) is 2.65. The highest BCUT2D eigenvalue weighted by molar-refractivity contribution is 5.88. The number of phenols is 1. The van der Waals surface area contributed by atoms with Gasteiger partial charge in [0.25, 0.3) is 0 Å². The molecule has 0 aliphatic carbocycles. The van der Waals surface area contributed by atoms with Crippen LogP contribution in [0, 0.1) is 0 Å². The number of carboxylic acid groups (broad SMARTS) is 1. The van der Waals surface area contributed by atoms with E-state index in [0.29, 0.717) is 5.39 Å². The SMILES string of the molecule is O=C(O)C[C@@H](O)c1c(O)ccc2ccccc12. The first-order valence-electron chi connectivity index (χ1n) is 5.20. The third kappa shape index (κ3) is 2.21. The quantitative estimate of drug-likeness (QED) is 0.756. The van der Waals surface area contributed by atoms with Crippen molar-refractivity contribution in [2.45, 2.75) is 12.5 Å². The Hall–Kier alpha value is -2.07. The van der Waals surface area contributed by atoms with Crippen LogP contribution in [-0.4, -0.2) is 21.3 Å². The molecule has 2 aromatic rings. The van der Waals surface area contributed by atoms with E-state index in [1.54, 1.807) is 18.2 Å². The monoisotopic (exact) mass is 232 g/mol. The largest absolute Gasteiger partial charge is 0.508 e. The fourth-order valence-corrected chi connectivity index (χ4v) is 1.90. The fourth-order valence-electron chi connectivity index (χ4n) is 1.90. The number of phenolic OH excluding ortho intramolecular Hbond substituents is 1. The molecule has 3 N–H and O–H groups in total. The summed E-state index contributed by atoms with van der Waals surface area (Å²) in [6, 6.07) is 10.4. The summed E-state index contributed by atoms with van der Waals surface area (Å²) in [7, 11) is 0. The summed E-state index contributed by atoms with van der Waals surface area (Å²) in [5.41, 5.74) is 0.269. The van der Waals surface area contributed by atoms with Gasteiger partial charge in [0.15, 0.2) is 0 Å². The van der Waals surface area contributed by atoms with Gasteiger partial charge in [-0.1, -0.05) is 30.3 Å². The van der Waals surface area contributed by atoms with Gasteiger partial charge in [-0.25, -0.2) is 0 Å². The van der Waals surface area contributed by atoms with Crippen LogP contribution in [0.3, 0.4) is 0 Å². The molecule has 0 fully saturated rings. The zero-order valence-electron chi connectivity index (χ0n) is 9.00. The van der Waals surface area contributed by atoms with Crippen molar-refractivity contribution in [1.82, 2.24) is 0 Å². The number of aliphatic hydroxyl groups excluding tert-OH is 1. The number of aliphatic hydroxyl groups is 1. The van der Waals surface area contributed by atoms with Gasteiger partial charge in [-0.3, -0.25) is 4.79 Å². The van der Waals surface area contributed by atoms with Gasteiger partial charge in [0.2, 0.25) is 0 Å². The minimum Gasteiger partial charge on any atom is -0.508 e. The summed E-state index contributed by atoms with van der Waals surface area (Å²) in [4.78, 5) is 10.6. The van der Waals surface area contributed by atoms with Gasteiger partial charge in [0, 0.05) is 5.56 Å². The van der Waals surface area contributed by atoms with Gasteiger partial charge < -0.3 is 15.3 Å². The van der Waals surface area contributed by atoms with Crippen molar-refractivity contribution in [2.75, 3.05) is 0 Å². The highest BCUT2D eigenvalue weighted by Crippen LogP contribution is 2.33. The van der Waals surface area contributed by atoms with Crippen LogP contribution in [0.5, 0.6) is 5.75 Å². The second-order valence-corrected chi connectivity index (χ2v) is 3.83. The summed E-state index contributed by atoms with van der Waals surface area (Å²) in [5.74, 6) is -1.19. The number of fused-ring (bicyclic) bond motifs is 1. The number of aliphatic carboxylic acids is 1. The standard InChI is InChI=1S/C13H12O4/c14-10-6-5-8-3-1-2-4-9(8)13(10)11(15)7-12(16)17/h1-6,11,14-15H,7H2,(H,16,17)/t11-/m1/s1. The van der Waals surface area contributed by atoms with Gasteiger partial charge in [0.1, 0.15) is 5.75 Å². The first-order valence-corrected chi connectivity index (χ1v) is 5.20. The van der Waals surface area contributed by atoms with Crippen molar-refractivity contribution in [2.24, 2.45) is 0 Å². The van der Waals surface area contributed by atoms with Crippen molar-refractivity contribution in [3.05, 3.63) is 42.0 Å². The van der Waals surface area contributed by atoms with E-state index in [-0.39, 0.29) is 11.3 Å². The topological polar surface area (TPSA) is 77.8 Å². The molecule has 17 heavy (non-hydrogen) atoms. The van der Waals surface area contributed by atoms with Crippen LogP contribution < -0.4 is 0 Å². The average Bonchev–Trinajstić information content (AvgIpc) is 2.27. The maximum absolute atomic E-state index is 10.6. The predicted octanol–water partition coefficient (Wildman–Crippen LogP) is 2.05. The number of rotatable bonds is 3. The zero-order valence-corrected chi connectivity index (χ0v) is 9.00. The lowest BCUT2D eigenvalue weighted by Crippen LogP contribution is -2.06. The van der Waals surface area contributed by atoms with Gasteiger partial charge >= 0.3 is 5.97 Å². The molecule has 0 aliphatic rings. The molecule has 2 aromatic carbocycles. The summed E-state index contributed by atoms with van der Waals surface area (Å²) in [6.45, 7) is 0. The van der Waals surface area contributed by atoms with E-state index in [1.165, 1.54) is 6.07 Å². The predicted molar refractivity (Wildman–Crippen MR) is 62.8 cm³/mol. The summed E-state index contributed by atoms with van der Waals surface area (Å²) < 4.78 is 0. The lowest BCUT2D eigenvalue weighted by Gasteiger charge is -2.13. The summed E-state index contributed by atoms with van der Waals surface area (Å²) in [5, 5.41) is 29.8. The first kappa shape index (κ1) is 11.4. The molecule has 0 aliphatic heterocycles. The van der Waals surface area contributed by atoms with Crippen LogP contribution in [0.25, 0.3) is 10.8 Å². The fraction of sp³-hybridized carbons (Fsp3) is 0.154. The number of hydrogen-bond acceptors (Lipinski definition) is 3. The summed E-state index contributed by atoms with van der Waals surface area (Å²) in [6.07, 6.45) is -1.64. The molecule has 0 aromatic heterocycles. The van der Waals surface area contributed by atoms with Gasteiger partial charge in [-0.15, -0.1) is 0 Å². The van der Waals surface area contributed by atoms with Crippen LogP contribution in [0.1, 0.15) is 18.1 Å². The van der Waals surface area contributed by atoms with E-state index in [9.17, 15) is 15.0 Å². The number of hydrogen-bond donors (Lipinski definition) is 3. The van der Waals surface area contributed by atoms with Gasteiger partial charge in [-0.2, -0.15) is 0 Å². The van der Waals surface area contributed by atoms with Crippen LogP contribution in [0.15, 0.2) is 36.4 Å². The molecular weight excluding hydrogens is 220 g/mol. The first-order chi connectivity index (χ1) is 8.09. The van der Waals surface area contributed by atoms with Gasteiger partial charge in [0.05, 0.1) is 12.5 Å². The van der Waals surface area contributed by atoms with E-state index < -0.39 is 18.5 Å². The molecule has 2 rings (SSSR count). The Morgan fingerprint density at radius 1 is 1.18 bits per heavy atom. The second-order valence-electron chi connectivity index (χ2n) is 3.83. The lowest BCUT2D eigenvalue weighted by atomic mass is 9.97. The van der Waals surface area contributed by atoms with Gasteiger partial charge in [-0.05, 0) is 16.8 Å². The minimum absolute atomic E-state index is 0.0857. The molecule has 88 valence electrons. The van der Waals surface area contributed by atoms with E-state index in [1.807, 2.05) is 12.1 Å². The Morgan fingerprint density at radius 2 is 1.88 bits per heavy atom. The highest BCUT2D eigenvalue weighted by atomic mass is 16.4. The number of carbonyl (C=O) groups is 1. The summed E-state index contributed by atoms with van der Waals surface area (Å²) >= 11 is 0. The molecule has 0 amide bonds. The van der Waals surface area contributed by atoms with E-state index in [4.69, 9.17) is 5.11 Å². The van der Waals surface area contributed by atoms with E-state index >= 15 is 0 Å². The van der Waals surface area contributed by atoms with Crippen LogP contribution in [-0.2, 0) is 4.79 Å². The molecule has 0 unspecified atom stereocenters. The molecule has 4 heteroatoms. The minimum atomic E-state index is -1.21. The molecule has 0 radical (unpaired) electrons. The number of aromatic hydroxyl groups is 1. The maximum atomic E-state index is 10.6. The van der Waals surface area contributed by atoms with Crippen molar-refractivity contribution >= 4 is 16.7 Å². The smallest absolute Gasteiger partial charge is 0.306 e. The molecule has 0 saturated carbocycles. The Bertz CT molecular complexity index is 562. The van der Waals surface area contributed by atoms with Crippen LogP contribution >= 0.6 is 0 Å². The van der Waals surface area contributed by atoms with Crippen molar-refractivity contribution in [1.29, 1.82) is 0 Å². The van der Waals surface area contributed by atoms with Crippen LogP contribution in [0.2, 0.25) is 0 Å². The molecule has 0 bridgehead atoms. The lowest BCUT2D eigenvalue weighted by molar-refractivity contribution is -0.139. The van der Waals surface area contributed by atoms with Crippen molar-refractivity contribution in [3.63, 3.8) is 0 Å². The Labute approximate surface area is 97.8 Å². The molecule has 0 spiro atoms. The normalized spacial score (nSPS) is 12.5. The molecule has 0 heterocycles. The third-order valence-electron chi connectivity index (χ3n) is 2.65. The zero-order chi connectivity index (χ0) is 12.4. The van der Waals surface area contributed by atoms with E-state index in [0.717, 1.165) is 5.39 Å². The molecule has 4 nitrogen and oxygen atoms in total. The Balaban J connectivity index is 2.58. The molecule has 1 atom stereocenters. The van der Waals surface area contributed by atoms with Crippen molar-refractivity contribution < 1.29 is 20.1 Å².